The second kappa shape index (κ2) is 4.06. The molecule has 13 heavy (non-hydrogen) atoms. The summed E-state index contributed by atoms with van der Waals surface area (Å²) in [5, 5.41) is 9.43. The maximum Gasteiger partial charge on any atom is 0.126 e. The van der Waals surface area contributed by atoms with Gasteiger partial charge in [0.2, 0.25) is 0 Å². The van der Waals surface area contributed by atoms with Crippen LogP contribution >= 0.6 is 0 Å². The summed E-state index contributed by atoms with van der Waals surface area (Å²) in [7, 11) is 0. The van der Waals surface area contributed by atoms with Gasteiger partial charge in [-0.3, -0.25) is 0 Å². The van der Waals surface area contributed by atoms with Gasteiger partial charge < -0.3 is 5.11 Å². The van der Waals surface area contributed by atoms with Crippen LogP contribution in [0, 0.1) is 25.1 Å². The van der Waals surface area contributed by atoms with E-state index in [1.54, 1.807) is 19.1 Å². The zero-order valence-corrected chi connectivity index (χ0v) is 7.42. The third-order valence-corrected chi connectivity index (χ3v) is 1.89. The molecule has 1 unspecified atom stereocenters. The molecule has 1 aromatic rings. The fourth-order valence-electron chi connectivity index (χ4n) is 1.05. The van der Waals surface area contributed by atoms with E-state index in [0.717, 1.165) is 0 Å². The van der Waals surface area contributed by atoms with E-state index in [2.05, 4.69) is 5.92 Å². The first-order valence-electron chi connectivity index (χ1n) is 4.02. The van der Waals surface area contributed by atoms with Crippen LogP contribution < -0.4 is 0 Å². The van der Waals surface area contributed by atoms with Crippen LogP contribution in [0.15, 0.2) is 18.2 Å². The van der Waals surface area contributed by atoms with Crippen molar-refractivity contribution in [2.75, 3.05) is 0 Å². The second-order valence-electron chi connectivity index (χ2n) is 2.93. The molecule has 0 saturated heterocycles. The molecule has 1 aromatic carbocycles. The Morgan fingerprint density at radius 3 is 2.85 bits per heavy atom. The summed E-state index contributed by atoms with van der Waals surface area (Å²) in [4.78, 5) is 0. The Balaban J connectivity index is 2.91. The molecule has 0 spiro atoms. The van der Waals surface area contributed by atoms with Crippen molar-refractivity contribution in [3.63, 3.8) is 0 Å². The normalized spacial score (nSPS) is 12.2. The van der Waals surface area contributed by atoms with Crippen molar-refractivity contribution in [3.8, 4) is 12.3 Å². The van der Waals surface area contributed by atoms with E-state index in [9.17, 15) is 9.50 Å². The molecule has 2 heteroatoms. The highest BCUT2D eigenvalue weighted by Gasteiger charge is 2.07. The molecule has 0 fully saturated rings. The van der Waals surface area contributed by atoms with Crippen molar-refractivity contribution < 1.29 is 9.50 Å². The molecule has 68 valence electrons. The highest BCUT2D eigenvalue weighted by Crippen LogP contribution is 2.18. The fourth-order valence-corrected chi connectivity index (χ4v) is 1.05. The maximum atomic E-state index is 13.0. The molecule has 0 heterocycles. The molecule has 1 nitrogen and oxygen atoms in total. The quantitative estimate of drug-likeness (QED) is 0.688. The number of aliphatic hydroxyl groups excluding tert-OH is 1. The Morgan fingerprint density at radius 1 is 1.62 bits per heavy atom. The largest absolute Gasteiger partial charge is 0.387 e. The molecule has 1 rings (SSSR count). The number of benzene rings is 1. The summed E-state index contributed by atoms with van der Waals surface area (Å²) in [6.45, 7) is 1.67. The van der Waals surface area contributed by atoms with Crippen molar-refractivity contribution in [3.05, 3.63) is 35.1 Å². The molecule has 0 amide bonds. The van der Waals surface area contributed by atoms with Gasteiger partial charge in [-0.05, 0) is 24.1 Å². The molecular formula is C11H11FO. The van der Waals surface area contributed by atoms with E-state index in [1.807, 2.05) is 0 Å². The van der Waals surface area contributed by atoms with E-state index in [1.165, 1.54) is 6.07 Å². The summed E-state index contributed by atoms with van der Waals surface area (Å²) in [5.41, 5.74) is 1.10. The first-order valence-corrected chi connectivity index (χ1v) is 4.02. The second-order valence-corrected chi connectivity index (χ2v) is 2.93. The highest BCUT2D eigenvalue weighted by atomic mass is 19.1. The van der Waals surface area contributed by atoms with Gasteiger partial charge >= 0.3 is 0 Å². The SMILES string of the molecule is C#CCC(O)c1ccc(C)c(F)c1. The lowest BCUT2D eigenvalue weighted by atomic mass is 10.1. The third-order valence-electron chi connectivity index (χ3n) is 1.89. The first-order chi connectivity index (χ1) is 6.15. The minimum atomic E-state index is -0.764. The van der Waals surface area contributed by atoms with Gasteiger partial charge in [-0.1, -0.05) is 12.1 Å². The van der Waals surface area contributed by atoms with Crippen LogP contribution in [0.5, 0.6) is 0 Å². The monoisotopic (exact) mass is 178 g/mol. The van der Waals surface area contributed by atoms with Gasteiger partial charge in [0, 0.05) is 6.42 Å². The van der Waals surface area contributed by atoms with E-state index in [0.29, 0.717) is 11.1 Å². The van der Waals surface area contributed by atoms with Crippen molar-refractivity contribution in [2.45, 2.75) is 19.4 Å². The highest BCUT2D eigenvalue weighted by molar-refractivity contribution is 5.25. The number of aryl methyl sites for hydroxylation is 1. The molecule has 0 aliphatic heterocycles. The van der Waals surface area contributed by atoms with Gasteiger partial charge in [-0.15, -0.1) is 12.3 Å². The van der Waals surface area contributed by atoms with Crippen LogP contribution in [0.1, 0.15) is 23.7 Å². The van der Waals surface area contributed by atoms with Crippen LogP contribution in [0.25, 0.3) is 0 Å². The predicted octanol–water partition coefficient (Wildman–Crippen LogP) is 2.19. The van der Waals surface area contributed by atoms with Crippen molar-refractivity contribution in [2.24, 2.45) is 0 Å². The summed E-state index contributed by atoms with van der Waals surface area (Å²) in [5.74, 6) is 2.02. The Morgan fingerprint density at radius 2 is 2.31 bits per heavy atom. The average molecular weight is 178 g/mol. The molecule has 0 aromatic heterocycles. The van der Waals surface area contributed by atoms with Gasteiger partial charge in [0.1, 0.15) is 5.82 Å². The number of terminal acetylenes is 1. The van der Waals surface area contributed by atoms with Gasteiger partial charge in [-0.2, -0.15) is 0 Å². The van der Waals surface area contributed by atoms with Crippen molar-refractivity contribution in [1.29, 1.82) is 0 Å². The molecule has 0 radical (unpaired) electrons. The molecule has 0 bridgehead atoms. The summed E-state index contributed by atoms with van der Waals surface area (Å²) >= 11 is 0. The first kappa shape index (κ1) is 9.76. The number of halogens is 1. The molecule has 0 aliphatic rings. The standard InChI is InChI=1S/C11H11FO/c1-3-4-11(13)9-6-5-8(2)10(12)7-9/h1,5-7,11,13H,4H2,2H3. The molecule has 0 saturated carbocycles. The molecular weight excluding hydrogens is 167 g/mol. The van der Waals surface area contributed by atoms with Gasteiger partial charge in [0.15, 0.2) is 0 Å². The minimum absolute atomic E-state index is 0.211. The van der Waals surface area contributed by atoms with Gasteiger partial charge in [-0.25, -0.2) is 4.39 Å². The summed E-state index contributed by atoms with van der Waals surface area (Å²) < 4.78 is 13.0. The Kier molecular flexibility index (Phi) is 3.05. The van der Waals surface area contributed by atoms with Crippen molar-refractivity contribution >= 4 is 0 Å². The fraction of sp³-hybridized carbons (Fsp3) is 0.273. The lowest BCUT2D eigenvalue weighted by Crippen LogP contribution is -1.97. The van der Waals surface area contributed by atoms with E-state index in [-0.39, 0.29) is 12.2 Å². The number of rotatable bonds is 2. The van der Waals surface area contributed by atoms with Crippen LogP contribution in [0.3, 0.4) is 0 Å². The van der Waals surface area contributed by atoms with E-state index < -0.39 is 6.10 Å². The molecule has 1 atom stereocenters. The van der Waals surface area contributed by atoms with Crippen LogP contribution in [-0.2, 0) is 0 Å². The number of hydrogen-bond acceptors (Lipinski definition) is 1. The Hall–Kier alpha value is -1.33. The number of hydrogen-bond donors (Lipinski definition) is 1. The van der Waals surface area contributed by atoms with Crippen LogP contribution in [-0.4, -0.2) is 5.11 Å². The van der Waals surface area contributed by atoms with Gasteiger partial charge in [0.05, 0.1) is 6.10 Å². The topological polar surface area (TPSA) is 20.2 Å². The smallest absolute Gasteiger partial charge is 0.126 e. The Labute approximate surface area is 77.2 Å². The molecule has 1 N–H and O–H groups in total. The minimum Gasteiger partial charge on any atom is -0.387 e. The lowest BCUT2D eigenvalue weighted by molar-refractivity contribution is 0.183. The predicted molar refractivity (Wildman–Crippen MR) is 49.5 cm³/mol. The number of aliphatic hydroxyl groups is 1. The molecule has 0 aliphatic carbocycles. The maximum absolute atomic E-state index is 13.0. The third kappa shape index (κ3) is 2.30. The zero-order chi connectivity index (χ0) is 9.84. The van der Waals surface area contributed by atoms with E-state index in [4.69, 9.17) is 6.42 Å². The van der Waals surface area contributed by atoms with Crippen molar-refractivity contribution in [1.82, 2.24) is 0 Å². The average Bonchev–Trinajstić information content (AvgIpc) is 2.10. The lowest BCUT2D eigenvalue weighted by Gasteiger charge is -2.07. The summed E-state index contributed by atoms with van der Waals surface area (Å²) in [6, 6.07) is 4.63. The van der Waals surface area contributed by atoms with Crippen LogP contribution in [0.4, 0.5) is 4.39 Å². The zero-order valence-electron chi connectivity index (χ0n) is 7.42. The van der Waals surface area contributed by atoms with Crippen LogP contribution in [0.2, 0.25) is 0 Å². The summed E-state index contributed by atoms with van der Waals surface area (Å²) in [6.07, 6.45) is 4.48. The Bertz CT molecular complexity index is 338. The van der Waals surface area contributed by atoms with Gasteiger partial charge in [0.25, 0.3) is 0 Å². The van der Waals surface area contributed by atoms with E-state index >= 15 is 0 Å².